The lowest BCUT2D eigenvalue weighted by atomic mass is 9.99. The van der Waals surface area contributed by atoms with Crippen molar-refractivity contribution in [3.63, 3.8) is 0 Å². The molecule has 0 saturated heterocycles. The lowest BCUT2D eigenvalue weighted by Gasteiger charge is -2.08. The van der Waals surface area contributed by atoms with Crippen LogP contribution in [-0.4, -0.2) is 11.1 Å². The second-order valence-electron chi connectivity index (χ2n) is 4.04. The Labute approximate surface area is 86.2 Å². The highest BCUT2D eigenvalue weighted by Crippen LogP contribution is 2.13. The van der Waals surface area contributed by atoms with Crippen molar-refractivity contribution in [1.29, 1.82) is 0 Å². The monoisotopic (exact) mass is 199 g/mol. The van der Waals surface area contributed by atoms with Gasteiger partial charge in [-0.25, -0.2) is 5.48 Å². The molecule has 3 heteroatoms. The van der Waals surface area contributed by atoms with Gasteiger partial charge in [0.2, 0.25) is 5.91 Å². The number of amides is 1. The molecular formula is C11H21NO2. The molecule has 3 nitrogen and oxygen atoms in total. The van der Waals surface area contributed by atoms with Gasteiger partial charge in [0.25, 0.3) is 0 Å². The van der Waals surface area contributed by atoms with E-state index in [0.29, 0.717) is 12.3 Å². The summed E-state index contributed by atoms with van der Waals surface area (Å²) in [7, 11) is 0. The summed E-state index contributed by atoms with van der Waals surface area (Å²) in [6, 6.07) is 0. The predicted octanol–water partition coefficient (Wildman–Crippen LogP) is 2.65. The zero-order valence-corrected chi connectivity index (χ0v) is 9.34. The van der Waals surface area contributed by atoms with Crippen molar-refractivity contribution >= 4 is 5.91 Å². The average molecular weight is 199 g/mol. The van der Waals surface area contributed by atoms with E-state index in [9.17, 15) is 4.79 Å². The van der Waals surface area contributed by atoms with E-state index in [1.165, 1.54) is 5.57 Å². The maximum atomic E-state index is 10.7. The van der Waals surface area contributed by atoms with Gasteiger partial charge in [-0.1, -0.05) is 18.6 Å². The number of nitrogens with one attached hydrogen (secondary N) is 1. The normalized spacial score (nSPS) is 12.0. The third kappa shape index (κ3) is 7.80. The van der Waals surface area contributed by atoms with Crippen LogP contribution < -0.4 is 5.48 Å². The van der Waals surface area contributed by atoms with E-state index in [1.54, 1.807) is 5.48 Å². The van der Waals surface area contributed by atoms with Crippen LogP contribution in [0.5, 0.6) is 0 Å². The second-order valence-corrected chi connectivity index (χ2v) is 4.04. The Balaban J connectivity index is 3.51. The highest BCUT2D eigenvalue weighted by Gasteiger charge is 2.04. The molecule has 0 radical (unpaired) electrons. The molecule has 1 atom stereocenters. The fourth-order valence-electron chi connectivity index (χ4n) is 1.23. The van der Waals surface area contributed by atoms with Crippen molar-refractivity contribution in [2.24, 2.45) is 5.92 Å². The first-order chi connectivity index (χ1) is 6.56. The predicted molar refractivity (Wildman–Crippen MR) is 57.0 cm³/mol. The Morgan fingerprint density at radius 2 is 2.07 bits per heavy atom. The van der Waals surface area contributed by atoms with Gasteiger partial charge in [0.1, 0.15) is 0 Å². The first-order valence-corrected chi connectivity index (χ1v) is 5.12. The van der Waals surface area contributed by atoms with Crippen LogP contribution >= 0.6 is 0 Å². The summed E-state index contributed by atoms with van der Waals surface area (Å²) >= 11 is 0. The van der Waals surface area contributed by atoms with Gasteiger partial charge in [-0.2, -0.15) is 0 Å². The Morgan fingerprint density at radius 3 is 2.57 bits per heavy atom. The molecule has 82 valence electrons. The molecule has 14 heavy (non-hydrogen) atoms. The van der Waals surface area contributed by atoms with Crippen molar-refractivity contribution in [1.82, 2.24) is 5.48 Å². The summed E-state index contributed by atoms with van der Waals surface area (Å²) in [5.41, 5.74) is 2.98. The minimum Gasteiger partial charge on any atom is -0.289 e. The van der Waals surface area contributed by atoms with E-state index in [0.717, 1.165) is 19.3 Å². The number of allylic oxidation sites excluding steroid dienone is 2. The van der Waals surface area contributed by atoms with Gasteiger partial charge < -0.3 is 0 Å². The maximum Gasteiger partial charge on any atom is 0.243 e. The largest absolute Gasteiger partial charge is 0.289 e. The summed E-state index contributed by atoms with van der Waals surface area (Å²) in [4.78, 5) is 10.7. The maximum absolute atomic E-state index is 10.7. The summed E-state index contributed by atoms with van der Waals surface area (Å²) < 4.78 is 0. The number of hydroxylamine groups is 1. The summed E-state index contributed by atoms with van der Waals surface area (Å²) in [6.07, 6.45) is 5.63. The van der Waals surface area contributed by atoms with Crippen molar-refractivity contribution in [3.8, 4) is 0 Å². The van der Waals surface area contributed by atoms with Crippen molar-refractivity contribution in [3.05, 3.63) is 11.6 Å². The fraction of sp³-hybridized carbons (Fsp3) is 0.727. The Bertz CT molecular complexity index is 195. The van der Waals surface area contributed by atoms with Crippen molar-refractivity contribution in [2.45, 2.75) is 46.5 Å². The van der Waals surface area contributed by atoms with Crippen molar-refractivity contribution in [2.75, 3.05) is 0 Å². The lowest BCUT2D eigenvalue weighted by Crippen LogP contribution is -2.18. The average Bonchev–Trinajstić information content (AvgIpc) is 2.13. The second kappa shape index (κ2) is 7.56. The van der Waals surface area contributed by atoms with Gasteiger partial charge >= 0.3 is 0 Å². The first-order valence-electron chi connectivity index (χ1n) is 5.12. The third-order valence-corrected chi connectivity index (χ3v) is 2.20. The summed E-state index contributed by atoms with van der Waals surface area (Å²) in [5.74, 6) is 0.238. The van der Waals surface area contributed by atoms with E-state index in [4.69, 9.17) is 5.21 Å². The molecule has 1 unspecified atom stereocenters. The van der Waals surface area contributed by atoms with E-state index >= 15 is 0 Å². The molecule has 0 aliphatic heterocycles. The topological polar surface area (TPSA) is 49.3 Å². The van der Waals surface area contributed by atoms with Crippen LogP contribution in [0.25, 0.3) is 0 Å². The Morgan fingerprint density at radius 1 is 1.43 bits per heavy atom. The number of carbonyl (C=O) groups excluding carboxylic acids is 1. The SMILES string of the molecule is CC(C)=CCCC(C)CCC(=O)NO. The molecular weight excluding hydrogens is 178 g/mol. The molecule has 0 fully saturated rings. The smallest absolute Gasteiger partial charge is 0.243 e. The molecule has 0 aromatic heterocycles. The lowest BCUT2D eigenvalue weighted by molar-refractivity contribution is -0.129. The van der Waals surface area contributed by atoms with Crippen LogP contribution in [0, 0.1) is 5.92 Å². The van der Waals surface area contributed by atoms with Crippen LogP contribution in [0.2, 0.25) is 0 Å². The van der Waals surface area contributed by atoms with E-state index in [-0.39, 0.29) is 5.91 Å². The highest BCUT2D eigenvalue weighted by atomic mass is 16.5. The molecule has 2 N–H and O–H groups in total. The standard InChI is InChI=1S/C11H21NO2/c1-9(2)5-4-6-10(3)7-8-11(13)12-14/h5,10,14H,4,6-8H2,1-3H3,(H,12,13). The van der Waals surface area contributed by atoms with Crippen LogP contribution in [0.3, 0.4) is 0 Å². The molecule has 0 rings (SSSR count). The molecule has 0 aliphatic carbocycles. The Hall–Kier alpha value is -0.830. The third-order valence-electron chi connectivity index (χ3n) is 2.20. The minimum atomic E-state index is -0.293. The molecule has 0 aromatic rings. The number of carbonyl (C=O) groups is 1. The van der Waals surface area contributed by atoms with Gasteiger partial charge in [-0.05, 0) is 39.0 Å². The van der Waals surface area contributed by atoms with Crippen LogP contribution in [-0.2, 0) is 4.79 Å². The van der Waals surface area contributed by atoms with Crippen LogP contribution in [0.1, 0.15) is 46.5 Å². The number of hydrogen-bond donors (Lipinski definition) is 2. The van der Waals surface area contributed by atoms with Gasteiger partial charge in [-0.15, -0.1) is 0 Å². The highest BCUT2D eigenvalue weighted by molar-refractivity contribution is 5.74. The fourth-order valence-corrected chi connectivity index (χ4v) is 1.23. The van der Waals surface area contributed by atoms with Gasteiger partial charge in [0.15, 0.2) is 0 Å². The van der Waals surface area contributed by atoms with Crippen molar-refractivity contribution < 1.29 is 10.0 Å². The first kappa shape index (κ1) is 13.2. The van der Waals surface area contributed by atoms with E-state index in [1.807, 2.05) is 0 Å². The summed E-state index contributed by atoms with van der Waals surface area (Å²) in [6.45, 7) is 6.30. The number of hydrogen-bond acceptors (Lipinski definition) is 2. The molecule has 0 aromatic carbocycles. The molecule has 0 spiro atoms. The van der Waals surface area contributed by atoms with Gasteiger partial charge in [-0.3, -0.25) is 10.0 Å². The Kier molecular flexibility index (Phi) is 7.11. The molecule has 0 saturated carbocycles. The number of rotatable bonds is 6. The quantitative estimate of drug-likeness (QED) is 0.392. The molecule has 0 heterocycles. The van der Waals surface area contributed by atoms with Crippen LogP contribution in [0.4, 0.5) is 0 Å². The zero-order chi connectivity index (χ0) is 11.0. The minimum absolute atomic E-state index is 0.293. The molecule has 1 amide bonds. The summed E-state index contributed by atoms with van der Waals surface area (Å²) in [5, 5.41) is 8.29. The molecule has 0 aliphatic rings. The van der Waals surface area contributed by atoms with Crippen LogP contribution in [0.15, 0.2) is 11.6 Å². The molecule has 0 bridgehead atoms. The zero-order valence-electron chi connectivity index (χ0n) is 9.34. The van der Waals surface area contributed by atoms with Gasteiger partial charge in [0.05, 0.1) is 0 Å². The van der Waals surface area contributed by atoms with Gasteiger partial charge in [0, 0.05) is 6.42 Å². The van der Waals surface area contributed by atoms with E-state index < -0.39 is 0 Å². The van der Waals surface area contributed by atoms with E-state index in [2.05, 4.69) is 26.8 Å².